The van der Waals surface area contributed by atoms with E-state index in [0.717, 1.165) is 13.0 Å². The smallest absolute Gasteiger partial charge is 0.139 e. The normalized spacial score (nSPS) is 12.5. The molecule has 0 bridgehead atoms. The molecule has 0 fully saturated rings. The van der Waals surface area contributed by atoms with Crippen molar-refractivity contribution in [2.24, 2.45) is 0 Å². The molecule has 4 heteroatoms. The molecule has 1 atom stereocenters. The second-order valence-corrected chi connectivity index (χ2v) is 4.12. The first kappa shape index (κ1) is 12.6. The van der Waals surface area contributed by atoms with Crippen LogP contribution in [0.5, 0.6) is 5.75 Å². The lowest BCUT2D eigenvalue weighted by Crippen LogP contribution is -2.28. The molecule has 2 nitrogen and oxygen atoms in total. The fourth-order valence-corrected chi connectivity index (χ4v) is 1.57. The lowest BCUT2D eigenvalue weighted by Gasteiger charge is -2.18. The summed E-state index contributed by atoms with van der Waals surface area (Å²) in [6.07, 6.45) is 1.04. The minimum absolute atomic E-state index is 0.117. The van der Waals surface area contributed by atoms with Gasteiger partial charge in [0, 0.05) is 17.6 Å². The first-order valence-electron chi connectivity index (χ1n) is 4.93. The zero-order valence-electron chi connectivity index (χ0n) is 8.89. The Labute approximate surface area is 101 Å². The number of hydrogen-bond donors (Lipinski definition) is 1. The second-order valence-electron chi connectivity index (χ2n) is 3.28. The standard InChI is InChI=1S/C11H15Cl2NO/c1-3-9(7-14-2)15-11-6-8(12)4-5-10(11)13/h4-6,9,14H,3,7H2,1-2H3. The van der Waals surface area contributed by atoms with Crippen molar-refractivity contribution in [3.05, 3.63) is 28.2 Å². The summed E-state index contributed by atoms with van der Waals surface area (Å²) in [5, 5.41) is 4.30. The largest absolute Gasteiger partial charge is 0.488 e. The molecule has 1 aromatic carbocycles. The van der Waals surface area contributed by atoms with E-state index >= 15 is 0 Å². The summed E-state index contributed by atoms with van der Waals surface area (Å²) >= 11 is 11.9. The molecule has 15 heavy (non-hydrogen) atoms. The van der Waals surface area contributed by atoms with Gasteiger partial charge in [0.25, 0.3) is 0 Å². The molecule has 0 radical (unpaired) electrons. The summed E-state index contributed by atoms with van der Waals surface area (Å²) in [6.45, 7) is 2.86. The number of hydrogen-bond acceptors (Lipinski definition) is 2. The Morgan fingerprint density at radius 3 is 2.73 bits per heavy atom. The first-order chi connectivity index (χ1) is 7.17. The zero-order valence-corrected chi connectivity index (χ0v) is 10.4. The molecule has 0 heterocycles. The molecule has 84 valence electrons. The average Bonchev–Trinajstić information content (AvgIpc) is 2.22. The fraction of sp³-hybridized carbons (Fsp3) is 0.455. The van der Waals surface area contributed by atoms with Gasteiger partial charge in [0.1, 0.15) is 11.9 Å². The van der Waals surface area contributed by atoms with Gasteiger partial charge in [-0.3, -0.25) is 0 Å². The number of nitrogens with one attached hydrogen (secondary N) is 1. The molecule has 0 saturated heterocycles. The molecule has 0 spiro atoms. The number of halogens is 2. The lowest BCUT2D eigenvalue weighted by atomic mass is 10.2. The van der Waals surface area contributed by atoms with E-state index in [4.69, 9.17) is 27.9 Å². The quantitative estimate of drug-likeness (QED) is 0.862. The van der Waals surface area contributed by atoms with Gasteiger partial charge in [-0.2, -0.15) is 0 Å². The predicted octanol–water partition coefficient (Wildman–Crippen LogP) is 3.37. The molecule has 1 N–H and O–H groups in total. The van der Waals surface area contributed by atoms with Crippen LogP contribution in [0, 0.1) is 0 Å². The molecule has 1 rings (SSSR count). The Morgan fingerprint density at radius 2 is 2.13 bits per heavy atom. The third kappa shape index (κ3) is 3.90. The highest BCUT2D eigenvalue weighted by molar-refractivity contribution is 6.34. The van der Waals surface area contributed by atoms with Crippen molar-refractivity contribution in [3.63, 3.8) is 0 Å². The molecule has 0 saturated carbocycles. The number of ether oxygens (including phenoxy) is 1. The number of likely N-dealkylation sites (N-methyl/N-ethyl adjacent to an activating group) is 1. The molecule has 0 aliphatic rings. The maximum Gasteiger partial charge on any atom is 0.139 e. The predicted molar refractivity (Wildman–Crippen MR) is 65.1 cm³/mol. The van der Waals surface area contributed by atoms with Gasteiger partial charge in [-0.1, -0.05) is 30.1 Å². The summed E-state index contributed by atoms with van der Waals surface area (Å²) < 4.78 is 5.74. The van der Waals surface area contributed by atoms with Crippen LogP contribution in [0.25, 0.3) is 0 Å². The van der Waals surface area contributed by atoms with Crippen molar-refractivity contribution in [2.75, 3.05) is 13.6 Å². The summed E-state index contributed by atoms with van der Waals surface area (Å²) in [7, 11) is 1.89. The van der Waals surface area contributed by atoms with E-state index in [1.165, 1.54) is 0 Å². The summed E-state index contributed by atoms with van der Waals surface area (Å²) in [5.41, 5.74) is 0. The molecule has 1 unspecified atom stereocenters. The second kappa shape index (κ2) is 6.21. The van der Waals surface area contributed by atoms with Crippen LogP contribution in [0.1, 0.15) is 13.3 Å². The van der Waals surface area contributed by atoms with Gasteiger partial charge < -0.3 is 10.1 Å². The number of rotatable bonds is 5. The van der Waals surface area contributed by atoms with E-state index < -0.39 is 0 Å². The summed E-state index contributed by atoms with van der Waals surface area (Å²) in [6, 6.07) is 5.23. The Kier molecular flexibility index (Phi) is 5.23. The highest BCUT2D eigenvalue weighted by atomic mass is 35.5. The van der Waals surface area contributed by atoms with E-state index in [9.17, 15) is 0 Å². The van der Waals surface area contributed by atoms with Crippen LogP contribution in [0.15, 0.2) is 18.2 Å². The van der Waals surface area contributed by atoms with Crippen LogP contribution in [-0.4, -0.2) is 19.7 Å². The van der Waals surface area contributed by atoms with E-state index in [0.29, 0.717) is 15.8 Å². The third-order valence-electron chi connectivity index (χ3n) is 2.07. The van der Waals surface area contributed by atoms with Crippen molar-refractivity contribution in [1.82, 2.24) is 5.32 Å². The Hall–Kier alpha value is -0.440. The molecule has 0 amide bonds. The molecule has 0 aliphatic carbocycles. The van der Waals surface area contributed by atoms with Crippen LogP contribution in [0.4, 0.5) is 0 Å². The molecule has 1 aromatic rings. The van der Waals surface area contributed by atoms with Crippen LogP contribution >= 0.6 is 23.2 Å². The molecule has 0 aromatic heterocycles. The highest BCUT2D eigenvalue weighted by Gasteiger charge is 2.09. The molecular weight excluding hydrogens is 233 g/mol. The van der Waals surface area contributed by atoms with Crippen molar-refractivity contribution >= 4 is 23.2 Å². The first-order valence-corrected chi connectivity index (χ1v) is 5.69. The third-order valence-corrected chi connectivity index (χ3v) is 2.62. The van der Waals surface area contributed by atoms with E-state index in [1.807, 2.05) is 7.05 Å². The van der Waals surface area contributed by atoms with Crippen LogP contribution in [0.3, 0.4) is 0 Å². The topological polar surface area (TPSA) is 21.3 Å². The maximum atomic E-state index is 5.99. The van der Waals surface area contributed by atoms with Crippen molar-refractivity contribution in [1.29, 1.82) is 0 Å². The molecular formula is C11H15Cl2NO. The van der Waals surface area contributed by atoms with E-state index in [-0.39, 0.29) is 6.10 Å². The van der Waals surface area contributed by atoms with Crippen LogP contribution in [-0.2, 0) is 0 Å². The van der Waals surface area contributed by atoms with Crippen molar-refractivity contribution in [3.8, 4) is 5.75 Å². The van der Waals surface area contributed by atoms with Crippen molar-refractivity contribution in [2.45, 2.75) is 19.4 Å². The maximum absolute atomic E-state index is 5.99. The number of benzene rings is 1. The van der Waals surface area contributed by atoms with Gasteiger partial charge in [0.15, 0.2) is 0 Å². The Bertz CT molecular complexity index is 317. The van der Waals surface area contributed by atoms with Gasteiger partial charge in [-0.05, 0) is 25.6 Å². The van der Waals surface area contributed by atoms with E-state index in [2.05, 4.69) is 12.2 Å². The Balaban J connectivity index is 2.73. The molecule has 0 aliphatic heterocycles. The zero-order chi connectivity index (χ0) is 11.3. The van der Waals surface area contributed by atoms with Gasteiger partial charge >= 0.3 is 0 Å². The SMILES string of the molecule is CCC(CNC)Oc1cc(Cl)ccc1Cl. The van der Waals surface area contributed by atoms with Gasteiger partial charge in [-0.15, -0.1) is 0 Å². The van der Waals surface area contributed by atoms with Gasteiger partial charge in [0.2, 0.25) is 0 Å². The van der Waals surface area contributed by atoms with Crippen LogP contribution in [0.2, 0.25) is 10.0 Å². The Morgan fingerprint density at radius 1 is 1.40 bits per heavy atom. The van der Waals surface area contributed by atoms with Gasteiger partial charge in [-0.25, -0.2) is 0 Å². The van der Waals surface area contributed by atoms with E-state index in [1.54, 1.807) is 18.2 Å². The van der Waals surface area contributed by atoms with Crippen molar-refractivity contribution < 1.29 is 4.74 Å². The monoisotopic (exact) mass is 247 g/mol. The highest BCUT2D eigenvalue weighted by Crippen LogP contribution is 2.28. The summed E-state index contributed by atoms with van der Waals surface area (Å²) in [5.74, 6) is 0.645. The lowest BCUT2D eigenvalue weighted by molar-refractivity contribution is 0.196. The van der Waals surface area contributed by atoms with Gasteiger partial charge in [0.05, 0.1) is 5.02 Å². The summed E-state index contributed by atoms with van der Waals surface area (Å²) in [4.78, 5) is 0. The minimum Gasteiger partial charge on any atom is -0.488 e. The minimum atomic E-state index is 0.117. The average molecular weight is 248 g/mol. The fourth-order valence-electron chi connectivity index (χ4n) is 1.24. The van der Waals surface area contributed by atoms with Crippen LogP contribution < -0.4 is 10.1 Å².